The van der Waals surface area contributed by atoms with Gasteiger partial charge >= 0.3 is 0 Å². The number of hydrogen-bond donors (Lipinski definition) is 0. The van der Waals surface area contributed by atoms with E-state index < -0.39 is 0 Å². The average molecular weight is 429 g/mol. The lowest BCUT2D eigenvalue weighted by atomic mass is 9.87. The Morgan fingerprint density at radius 1 is 0.581 bits per heavy atom. The molecular formula is C29H16S2. The Morgan fingerprint density at radius 2 is 1.26 bits per heavy atom. The van der Waals surface area contributed by atoms with E-state index in [1.165, 1.54) is 74.1 Å². The van der Waals surface area contributed by atoms with Crippen LogP contribution in [0.4, 0.5) is 0 Å². The van der Waals surface area contributed by atoms with E-state index in [0.29, 0.717) is 0 Å². The molecule has 8 rings (SSSR count). The third kappa shape index (κ3) is 2.00. The average Bonchev–Trinajstić information content (AvgIpc) is 3.43. The van der Waals surface area contributed by atoms with Gasteiger partial charge in [-0.1, -0.05) is 78.9 Å². The van der Waals surface area contributed by atoms with E-state index >= 15 is 0 Å². The van der Waals surface area contributed by atoms with Crippen LogP contribution in [0, 0.1) is 0 Å². The first-order chi connectivity index (χ1) is 15.4. The van der Waals surface area contributed by atoms with E-state index in [9.17, 15) is 0 Å². The van der Waals surface area contributed by atoms with E-state index in [-0.39, 0.29) is 0 Å². The summed E-state index contributed by atoms with van der Waals surface area (Å²) in [7, 11) is 0. The van der Waals surface area contributed by atoms with Crippen molar-refractivity contribution in [1.29, 1.82) is 0 Å². The van der Waals surface area contributed by atoms with Gasteiger partial charge in [-0.3, -0.25) is 0 Å². The number of rotatable bonds is 0. The van der Waals surface area contributed by atoms with Crippen LogP contribution in [0.15, 0.2) is 84.2 Å². The molecule has 0 spiro atoms. The Balaban J connectivity index is 1.60. The van der Waals surface area contributed by atoms with Crippen molar-refractivity contribution in [1.82, 2.24) is 0 Å². The molecule has 0 atom stereocenters. The first-order valence-corrected chi connectivity index (χ1v) is 12.3. The van der Waals surface area contributed by atoms with Crippen molar-refractivity contribution in [2.45, 2.75) is 6.42 Å². The number of benzene rings is 5. The monoisotopic (exact) mass is 428 g/mol. The van der Waals surface area contributed by atoms with E-state index in [1.807, 2.05) is 22.7 Å². The Hall–Kier alpha value is -3.20. The van der Waals surface area contributed by atoms with Crippen molar-refractivity contribution in [3.8, 4) is 9.75 Å². The Bertz CT molecular complexity index is 1860. The molecule has 0 radical (unpaired) electrons. The zero-order valence-corrected chi connectivity index (χ0v) is 18.2. The number of hydrogen-bond acceptors (Lipinski definition) is 2. The number of fused-ring (bicyclic) bond motifs is 11. The fourth-order valence-corrected chi connectivity index (χ4v) is 8.30. The minimum atomic E-state index is 1.02. The van der Waals surface area contributed by atoms with Crippen molar-refractivity contribution in [2.75, 3.05) is 0 Å². The molecule has 0 fully saturated rings. The molecule has 7 aromatic rings. The van der Waals surface area contributed by atoms with Crippen LogP contribution >= 0.6 is 22.7 Å². The molecule has 0 bridgehead atoms. The van der Waals surface area contributed by atoms with Crippen LogP contribution < -0.4 is 0 Å². The molecule has 0 unspecified atom stereocenters. The molecule has 144 valence electrons. The molecule has 0 amide bonds. The highest BCUT2D eigenvalue weighted by Gasteiger charge is 2.27. The summed E-state index contributed by atoms with van der Waals surface area (Å²) < 4.78 is 1.44. The standard InChI is InChI=1S/C29H16S2/c1-2-8-18-16(7-1)13-17-14-23-26-21-11-5-3-9-19(21)20-10-4-6-12-22(20)27(26)31-28(23)29-25(17)24(18)15-30-29/h1-13,15H,14H2. The SMILES string of the molecule is c1ccc2c(c1)cc1c3c(scc32)-c2sc3c4ccccc4c4ccccc4c3c2C1. The largest absolute Gasteiger partial charge is 0.142 e. The van der Waals surface area contributed by atoms with Gasteiger partial charge in [0, 0.05) is 37.5 Å². The third-order valence-electron chi connectivity index (χ3n) is 6.93. The van der Waals surface area contributed by atoms with Gasteiger partial charge in [0.15, 0.2) is 0 Å². The molecular weight excluding hydrogens is 412 g/mol. The molecule has 31 heavy (non-hydrogen) atoms. The molecule has 0 saturated heterocycles. The van der Waals surface area contributed by atoms with E-state index in [0.717, 1.165) is 6.42 Å². The van der Waals surface area contributed by atoms with Gasteiger partial charge in [-0.15, -0.1) is 22.7 Å². The first kappa shape index (κ1) is 16.5. The van der Waals surface area contributed by atoms with Gasteiger partial charge in [0.25, 0.3) is 0 Å². The van der Waals surface area contributed by atoms with Crippen LogP contribution in [0.25, 0.3) is 62.9 Å². The van der Waals surface area contributed by atoms with E-state index in [2.05, 4.69) is 84.2 Å². The van der Waals surface area contributed by atoms with Gasteiger partial charge in [0.2, 0.25) is 0 Å². The van der Waals surface area contributed by atoms with Gasteiger partial charge < -0.3 is 0 Å². The van der Waals surface area contributed by atoms with Crippen molar-refractivity contribution in [2.24, 2.45) is 0 Å². The van der Waals surface area contributed by atoms with Gasteiger partial charge in [0.1, 0.15) is 0 Å². The summed E-state index contributed by atoms with van der Waals surface area (Å²) in [6.07, 6.45) is 1.02. The Labute approximate surface area is 187 Å². The maximum Gasteiger partial charge on any atom is 0.0527 e. The summed E-state index contributed by atoms with van der Waals surface area (Å²) in [5, 5.41) is 15.0. The molecule has 0 nitrogen and oxygen atoms in total. The zero-order valence-electron chi connectivity index (χ0n) is 16.6. The minimum absolute atomic E-state index is 1.02. The van der Waals surface area contributed by atoms with Crippen LogP contribution in [0.2, 0.25) is 0 Å². The lowest BCUT2D eigenvalue weighted by Gasteiger charge is -2.16. The van der Waals surface area contributed by atoms with Gasteiger partial charge in [-0.05, 0) is 43.4 Å². The van der Waals surface area contributed by atoms with Gasteiger partial charge in [0.05, 0.1) is 4.88 Å². The van der Waals surface area contributed by atoms with Crippen LogP contribution in [0.5, 0.6) is 0 Å². The second kappa shape index (κ2) is 5.73. The second-order valence-electron chi connectivity index (χ2n) is 8.49. The highest BCUT2D eigenvalue weighted by Crippen LogP contribution is 2.53. The van der Waals surface area contributed by atoms with Gasteiger partial charge in [-0.25, -0.2) is 0 Å². The van der Waals surface area contributed by atoms with Crippen molar-refractivity contribution >= 4 is 75.8 Å². The molecule has 2 heterocycles. The Morgan fingerprint density at radius 3 is 2.10 bits per heavy atom. The number of thiophene rings is 2. The lowest BCUT2D eigenvalue weighted by Crippen LogP contribution is -1.96. The zero-order chi connectivity index (χ0) is 20.1. The molecule has 1 aliphatic rings. The van der Waals surface area contributed by atoms with Gasteiger partial charge in [-0.2, -0.15) is 0 Å². The molecule has 0 aliphatic heterocycles. The normalized spacial score (nSPS) is 13.0. The summed E-state index contributed by atoms with van der Waals surface area (Å²) in [5.41, 5.74) is 3.00. The van der Waals surface area contributed by atoms with Crippen LogP contribution in [0.1, 0.15) is 11.1 Å². The molecule has 0 N–H and O–H groups in total. The third-order valence-corrected chi connectivity index (χ3v) is 9.34. The maximum absolute atomic E-state index is 2.43. The summed E-state index contributed by atoms with van der Waals surface area (Å²) >= 11 is 3.92. The molecule has 1 aliphatic carbocycles. The van der Waals surface area contributed by atoms with Crippen LogP contribution in [-0.2, 0) is 6.42 Å². The van der Waals surface area contributed by atoms with E-state index in [4.69, 9.17) is 0 Å². The topological polar surface area (TPSA) is 0 Å². The highest BCUT2D eigenvalue weighted by molar-refractivity contribution is 7.27. The summed E-state index contributed by atoms with van der Waals surface area (Å²) in [6, 6.07) is 29.2. The Kier molecular flexibility index (Phi) is 3.05. The summed E-state index contributed by atoms with van der Waals surface area (Å²) in [5.74, 6) is 0. The highest BCUT2D eigenvalue weighted by atomic mass is 32.1. The second-order valence-corrected chi connectivity index (χ2v) is 10.4. The summed E-state index contributed by atoms with van der Waals surface area (Å²) in [4.78, 5) is 2.95. The quantitative estimate of drug-likeness (QED) is 0.211. The predicted molar refractivity (Wildman–Crippen MR) is 138 cm³/mol. The molecule has 5 aromatic carbocycles. The fraction of sp³-hybridized carbons (Fsp3) is 0.0345. The van der Waals surface area contributed by atoms with Crippen molar-refractivity contribution < 1.29 is 0 Å². The fourth-order valence-electron chi connectivity index (χ4n) is 5.64. The smallest absolute Gasteiger partial charge is 0.0527 e. The molecule has 2 aromatic heterocycles. The molecule has 2 heteroatoms. The minimum Gasteiger partial charge on any atom is -0.142 e. The van der Waals surface area contributed by atoms with Crippen LogP contribution in [0.3, 0.4) is 0 Å². The van der Waals surface area contributed by atoms with Crippen molar-refractivity contribution in [3.05, 3.63) is 95.4 Å². The molecule has 0 saturated carbocycles. The maximum atomic E-state index is 2.43. The first-order valence-electron chi connectivity index (χ1n) is 10.7. The van der Waals surface area contributed by atoms with Crippen LogP contribution in [-0.4, -0.2) is 0 Å². The van der Waals surface area contributed by atoms with Crippen molar-refractivity contribution in [3.63, 3.8) is 0 Å². The predicted octanol–water partition coefficient (Wildman–Crippen LogP) is 9.15. The van der Waals surface area contributed by atoms with E-state index in [1.54, 1.807) is 0 Å². The lowest BCUT2D eigenvalue weighted by molar-refractivity contribution is 1.25. The summed E-state index contributed by atoms with van der Waals surface area (Å²) in [6.45, 7) is 0.